The van der Waals surface area contributed by atoms with E-state index in [0.29, 0.717) is 11.5 Å². The van der Waals surface area contributed by atoms with Crippen molar-refractivity contribution < 1.29 is 33.2 Å². The van der Waals surface area contributed by atoms with Gasteiger partial charge in [0, 0.05) is 11.8 Å². The summed E-state index contributed by atoms with van der Waals surface area (Å²) in [6.07, 6.45) is -0.927. The number of aromatic nitrogens is 2. The van der Waals surface area contributed by atoms with Crippen LogP contribution in [-0.4, -0.2) is 68.4 Å². The number of hydrogen-bond donors (Lipinski definition) is 2. The van der Waals surface area contributed by atoms with Crippen LogP contribution < -0.4 is 20.7 Å². The van der Waals surface area contributed by atoms with Crippen molar-refractivity contribution in [3.8, 4) is 11.5 Å². The lowest BCUT2D eigenvalue weighted by Crippen LogP contribution is -2.57. The second-order valence-electron chi connectivity index (χ2n) is 14.5. The highest BCUT2D eigenvalue weighted by atomic mass is 28.4. The fourth-order valence-corrected chi connectivity index (χ4v) is 7.47. The van der Waals surface area contributed by atoms with Gasteiger partial charge in [-0.05, 0) is 66.0 Å². The molecule has 2 heterocycles. The van der Waals surface area contributed by atoms with Crippen LogP contribution in [-0.2, 0) is 24.2 Å². The number of rotatable bonds is 14. The minimum atomic E-state index is -2.67. The molecule has 4 aromatic rings. The van der Waals surface area contributed by atoms with Crippen molar-refractivity contribution in [3.05, 3.63) is 141 Å². The Morgan fingerprint density at radius 3 is 1.96 bits per heavy atom. The van der Waals surface area contributed by atoms with Crippen molar-refractivity contribution in [2.75, 3.05) is 27.4 Å². The van der Waals surface area contributed by atoms with Crippen molar-refractivity contribution in [2.24, 2.45) is 0 Å². The van der Waals surface area contributed by atoms with Gasteiger partial charge < -0.3 is 33.2 Å². The number of benzene rings is 3. The van der Waals surface area contributed by atoms with Crippen LogP contribution in [0, 0.1) is 6.92 Å². The summed E-state index contributed by atoms with van der Waals surface area (Å²) in [5.41, 5.74) is 0.0480. The van der Waals surface area contributed by atoms with Gasteiger partial charge >= 0.3 is 5.69 Å². The number of methoxy groups -OCH3 is 2. The van der Waals surface area contributed by atoms with Crippen LogP contribution in [0.25, 0.3) is 0 Å². The van der Waals surface area contributed by atoms with Gasteiger partial charge in [0.1, 0.15) is 35.9 Å². The highest BCUT2D eigenvalue weighted by Crippen LogP contribution is 2.48. The Morgan fingerprint density at radius 2 is 1.46 bits per heavy atom. The standard InChI is InChI=1S/C40H50N2O9Si/c1-10-24-48-39(34(51-52(8,9)38(3,4)5)33(43)36(50-39)42-25-27(2)35(44)41-37(42)45)26-49-40(28-14-12-11-13-15-28,29-16-20-31(46-6)21-17-29)30-18-22-32(47-7)23-19-30/h10-23,25,33-34,36,43H,1,24,26H2,2-9H3,(H,41,44,45)/t33-,34+,36-,39-/m1/s1. The quantitative estimate of drug-likeness (QED) is 0.0905. The van der Waals surface area contributed by atoms with E-state index in [1.807, 2.05) is 78.9 Å². The van der Waals surface area contributed by atoms with E-state index in [4.69, 9.17) is 28.1 Å². The first-order valence-corrected chi connectivity index (χ1v) is 20.1. The van der Waals surface area contributed by atoms with Gasteiger partial charge in [0.25, 0.3) is 5.56 Å². The molecule has 12 heteroatoms. The van der Waals surface area contributed by atoms with Crippen molar-refractivity contribution in [3.63, 3.8) is 0 Å². The van der Waals surface area contributed by atoms with Crippen molar-refractivity contribution in [1.82, 2.24) is 9.55 Å². The Bertz CT molecular complexity index is 1890. The molecule has 5 rings (SSSR count). The lowest BCUT2D eigenvalue weighted by atomic mass is 9.80. The number of hydrogen-bond acceptors (Lipinski definition) is 9. The van der Waals surface area contributed by atoms with Gasteiger partial charge in [0.05, 0.1) is 20.8 Å². The molecule has 0 unspecified atom stereocenters. The minimum absolute atomic E-state index is 0.00310. The average Bonchev–Trinajstić information content (AvgIpc) is 3.39. The first-order valence-electron chi connectivity index (χ1n) is 17.2. The third kappa shape index (κ3) is 7.45. The maximum atomic E-state index is 13.3. The van der Waals surface area contributed by atoms with E-state index in [1.54, 1.807) is 27.2 Å². The molecule has 0 aliphatic carbocycles. The topological polar surface area (TPSA) is 130 Å². The number of nitrogens with zero attached hydrogens (tertiary/aromatic N) is 1. The predicted molar refractivity (Wildman–Crippen MR) is 201 cm³/mol. The molecule has 1 aliphatic rings. The number of ether oxygens (including phenoxy) is 5. The summed E-state index contributed by atoms with van der Waals surface area (Å²) in [4.78, 5) is 27.9. The fourth-order valence-electron chi connectivity index (χ4n) is 6.16. The van der Waals surface area contributed by atoms with Crippen molar-refractivity contribution in [1.29, 1.82) is 0 Å². The van der Waals surface area contributed by atoms with E-state index >= 15 is 0 Å². The molecule has 52 heavy (non-hydrogen) atoms. The van der Waals surface area contributed by atoms with Crippen LogP contribution in [0.1, 0.15) is 49.3 Å². The van der Waals surface area contributed by atoms with E-state index in [2.05, 4.69) is 45.4 Å². The molecule has 0 bridgehead atoms. The molecule has 0 amide bonds. The number of aliphatic hydroxyl groups excluding tert-OH is 1. The summed E-state index contributed by atoms with van der Waals surface area (Å²) >= 11 is 0. The van der Waals surface area contributed by atoms with Crippen LogP contribution >= 0.6 is 0 Å². The fraction of sp³-hybridized carbons (Fsp3) is 0.400. The minimum Gasteiger partial charge on any atom is -0.497 e. The number of aryl methyl sites for hydroxylation is 1. The zero-order valence-electron chi connectivity index (χ0n) is 31.2. The second-order valence-corrected chi connectivity index (χ2v) is 19.2. The molecule has 1 saturated heterocycles. The van der Waals surface area contributed by atoms with E-state index in [9.17, 15) is 14.7 Å². The molecule has 1 aromatic heterocycles. The lowest BCUT2D eigenvalue weighted by molar-refractivity contribution is -0.289. The first-order chi connectivity index (χ1) is 24.6. The Hall–Kier alpha value is -4.30. The second kappa shape index (κ2) is 15.4. The zero-order valence-corrected chi connectivity index (χ0v) is 32.2. The number of aromatic amines is 1. The molecular weight excluding hydrogens is 681 g/mol. The lowest BCUT2D eigenvalue weighted by Gasteiger charge is -2.44. The number of H-pyrrole nitrogens is 1. The van der Waals surface area contributed by atoms with Crippen molar-refractivity contribution >= 4 is 8.32 Å². The molecule has 4 atom stereocenters. The molecule has 1 aliphatic heterocycles. The van der Waals surface area contributed by atoms with Crippen LogP contribution in [0.4, 0.5) is 0 Å². The van der Waals surface area contributed by atoms with E-state index < -0.39 is 49.4 Å². The molecule has 11 nitrogen and oxygen atoms in total. The maximum absolute atomic E-state index is 13.3. The third-order valence-corrected chi connectivity index (χ3v) is 14.6. The summed E-state index contributed by atoms with van der Waals surface area (Å²) in [7, 11) is 0.550. The summed E-state index contributed by atoms with van der Waals surface area (Å²) in [5.74, 6) is -0.447. The predicted octanol–water partition coefficient (Wildman–Crippen LogP) is 6.05. The highest BCUT2D eigenvalue weighted by Gasteiger charge is 2.61. The van der Waals surface area contributed by atoms with E-state index in [1.165, 1.54) is 10.8 Å². The monoisotopic (exact) mass is 730 g/mol. The van der Waals surface area contributed by atoms with Crippen LogP contribution in [0.15, 0.2) is 107 Å². The molecule has 0 spiro atoms. The van der Waals surface area contributed by atoms with Crippen molar-refractivity contribution in [2.45, 2.75) is 75.7 Å². The van der Waals surface area contributed by atoms with Gasteiger partial charge in [-0.1, -0.05) is 81.4 Å². The largest absolute Gasteiger partial charge is 0.497 e. The van der Waals surface area contributed by atoms with Crippen LogP contribution in [0.5, 0.6) is 11.5 Å². The highest BCUT2D eigenvalue weighted by molar-refractivity contribution is 6.74. The molecular formula is C40H50N2O9Si. The third-order valence-electron chi connectivity index (χ3n) is 10.1. The average molecular weight is 731 g/mol. The molecule has 278 valence electrons. The molecule has 3 aromatic carbocycles. The Kier molecular flexibility index (Phi) is 11.5. The first kappa shape index (κ1) is 38.9. The van der Waals surface area contributed by atoms with E-state index in [-0.39, 0.29) is 23.8 Å². The molecule has 0 radical (unpaired) electrons. The zero-order chi connectivity index (χ0) is 37.9. The number of nitrogens with one attached hydrogen (secondary N) is 1. The van der Waals surface area contributed by atoms with E-state index in [0.717, 1.165) is 16.7 Å². The van der Waals surface area contributed by atoms with Gasteiger partial charge in [-0.2, -0.15) is 0 Å². The van der Waals surface area contributed by atoms with Gasteiger partial charge in [-0.3, -0.25) is 14.3 Å². The number of aliphatic hydroxyl groups is 1. The summed E-state index contributed by atoms with van der Waals surface area (Å²) in [6.45, 7) is 15.6. The van der Waals surface area contributed by atoms with Gasteiger partial charge in [0.15, 0.2) is 14.5 Å². The summed E-state index contributed by atoms with van der Waals surface area (Å²) in [6, 6.07) is 25.0. The van der Waals surface area contributed by atoms with Gasteiger partial charge in [-0.25, -0.2) is 4.79 Å². The molecule has 1 fully saturated rings. The van der Waals surface area contributed by atoms with Crippen LogP contribution in [0.2, 0.25) is 18.1 Å². The van der Waals surface area contributed by atoms with Gasteiger partial charge in [0.2, 0.25) is 5.79 Å². The normalized spacial score (nSPS) is 20.8. The van der Waals surface area contributed by atoms with Crippen LogP contribution in [0.3, 0.4) is 0 Å². The van der Waals surface area contributed by atoms with Gasteiger partial charge in [-0.15, -0.1) is 6.58 Å². The Balaban J connectivity index is 1.74. The molecule has 2 N–H and O–H groups in total. The smallest absolute Gasteiger partial charge is 0.330 e. The summed E-state index contributed by atoms with van der Waals surface area (Å²) in [5, 5.41) is 11.9. The summed E-state index contributed by atoms with van der Waals surface area (Å²) < 4.78 is 39.7. The SMILES string of the molecule is C=CCO[C@]1(COC(c2ccccc2)(c2ccc(OC)cc2)c2ccc(OC)cc2)O[C@@H](n2cc(C)c(=O)[nH]c2=O)[C@H](O)[C@@H]1O[Si](C)(C)C(C)(C)C. The Morgan fingerprint density at radius 1 is 0.923 bits per heavy atom. The molecule has 0 saturated carbocycles. The Labute approximate surface area is 305 Å². The maximum Gasteiger partial charge on any atom is 0.330 e.